The molecule has 0 bridgehead atoms. The molecule has 1 heterocycles. The maximum absolute atomic E-state index is 10.5. The third-order valence-electron chi connectivity index (χ3n) is 3.41. The Balaban J connectivity index is 2.36. The highest BCUT2D eigenvalue weighted by molar-refractivity contribution is 6.36. The van der Waals surface area contributed by atoms with E-state index >= 15 is 0 Å². The summed E-state index contributed by atoms with van der Waals surface area (Å²) in [5.74, 6) is 0. The molecule has 1 N–H and O–H groups in total. The van der Waals surface area contributed by atoms with Crippen molar-refractivity contribution in [3.8, 4) is 0 Å². The number of halogens is 3. The van der Waals surface area contributed by atoms with Crippen LogP contribution in [0.3, 0.4) is 0 Å². The van der Waals surface area contributed by atoms with Crippen LogP contribution < -0.4 is 0 Å². The fourth-order valence-corrected chi connectivity index (χ4v) is 3.32. The van der Waals surface area contributed by atoms with Crippen molar-refractivity contribution in [2.75, 3.05) is 0 Å². The molecule has 3 nitrogen and oxygen atoms in total. The zero-order valence-corrected chi connectivity index (χ0v) is 14.2. The molecule has 0 radical (unpaired) electrons. The van der Waals surface area contributed by atoms with Crippen LogP contribution in [0.4, 0.5) is 0 Å². The van der Waals surface area contributed by atoms with Crippen LogP contribution in [0.2, 0.25) is 15.1 Å². The van der Waals surface area contributed by atoms with Gasteiger partial charge >= 0.3 is 0 Å². The molecule has 1 aromatic carbocycles. The molecular weight excluding hydrogens is 331 g/mol. The zero-order valence-electron chi connectivity index (χ0n) is 11.9. The maximum atomic E-state index is 10.5. The summed E-state index contributed by atoms with van der Waals surface area (Å²) in [4.78, 5) is 0. The standard InChI is InChI=1S/C15H17Cl3N2O/c1-3-11-15(18)12(20(4-2)19-11)8-13(21)14-9(16)6-5-7-10(14)17/h5-7,13,21H,3-4,8H2,1-2H3. The average Bonchev–Trinajstić information content (AvgIpc) is 2.75. The highest BCUT2D eigenvalue weighted by Crippen LogP contribution is 2.34. The average molecular weight is 348 g/mol. The molecule has 0 spiro atoms. The minimum absolute atomic E-state index is 0.323. The number of aliphatic hydroxyl groups is 1. The van der Waals surface area contributed by atoms with Crippen molar-refractivity contribution in [1.82, 2.24) is 9.78 Å². The largest absolute Gasteiger partial charge is 0.388 e. The molecular formula is C15H17Cl3N2O. The van der Waals surface area contributed by atoms with E-state index in [1.165, 1.54) is 0 Å². The summed E-state index contributed by atoms with van der Waals surface area (Å²) in [5.41, 5.74) is 2.17. The van der Waals surface area contributed by atoms with Gasteiger partial charge in [0.1, 0.15) is 0 Å². The monoisotopic (exact) mass is 346 g/mol. The van der Waals surface area contributed by atoms with E-state index in [9.17, 15) is 5.11 Å². The Hall–Kier alpha value is -0.740. The first-order chi connectivity index (χ1) is 9.99. The van der Waals surface area contributed by atoms with Gasteiger partial charge in [0.25, 0.3) is 0 Å². The lowest BCUT2D eigenvalue weighted by atomic mass is 10.0. The van der Waals surface area contributed by atoms with E-state index in [1.807, 2.05) is 18.5 Å². The maximum Gasteiger partial charge on any atom is 0.0874 e. The Kier molecular flexibility index (Phi) is 5.55. The Morgan fingerprint density at radius 1 is 1.19 bits per heavy atom. The minimum Gasteiger partial charge on any atom is -0.388 e. The van der Waals surface area contributed by atoms with Crippen LogP contribution in [0.5, 0.6) is 0 Å². The molecule has 6 heteroatoms. The number of rotatable bonds is 5. The first-order valence-corrected chi connectivity index (χ1v) is 7.98. The zero-order chi connectivity index (χ0) is 15.6. The van der Waals surface area contributed by atoms with E-state index in [4.69, 9.17) is 34.8 Å². The van der Waals surface area contributed by atoms with Crippen LogP contribution in [0.25, 0.3) is 0 Å². The number of aryl methyl sites for hydroxylation is 2. The molecule has 0 aliphatic carbocycles. The second kappa shape index (κ2) is 7.01. The Bertz CT molecular complexity index is 620. The minimum atomic E-state index is -0.824. The van der Waals surface area contributed by atoms with Gasteiger partial charge in [0.2, 0.25) is 0 Å². The number of nitrogens with zero attached hydrogens (tertiary/aromatic N) is 2. The third kappa shape index (κ3) is 3.37. The van der Waals surface area contributed by atoms with Gasteiger partial charge in [-0.15, -0.1) is 0 Å². The van der Waals surface area contributed by atoms with Crippen molar-refractivity contribution in [2.45, 2.75) is 39.3 Å². The van der Waals surface area contributed by atoms with E-state index in [0.717, 1.165) is 17.8 Å². The number of benzene rings is 1. The van der Waals surface area contributed by atoms with Crippen molar-refractivity contribution in [2.24, 2.45) is 0 Å². The number of aromatic nitrogens is 2. The molecule has 0 amide bonds. The molecule has 1 unspecified atom stereocenters. The van der Waals surface area contributed by atoms with Crippen molar-refractivity contribution >= 4 is 34.8 Å². The van der Waals surface area contributed by atoms with Crippen LogP contribution >= 0.6 is 34.8 Å². The van der Waals surface area contributed by atoms with E-state index in [-0.39, 0.29) is 0 Å². The van der Waals surface area contributed by atoms with Gasteiger partial charge < -0.3 is 5.11 Å². The number of aliphatic hydroxyl groups excluding tert-OH is 1. The molecule has 0 saturated heterocycles. The smallest absolute Gasteiger partial charge is 0.0874 e. The molecule has 0 saturated carbocycles. The first kappa shape index (κ1) is 16.6. The molecule has 21 heavy (non-hydrogen) atoms. The molecule has 2 rings (SSSR count). The van der Waals surface area contributed by atoms with Crippen LogP contribution in [0, 0.1) is 0 Å². The highest BCUT2D eigenvalue weighted by Gasteiger charge is 2.21. The third-order valence-corrected chi connectivity index (χ3v) is 4.51. The molecule has 2 aromatic rings. The molecule has 0 aliphatic heterocycles. The predicted octanol–water partition coefficient (Wildman–Crippen LogP) is 4.70. The second-order valence-corrected chi connectivity index (χ2v) is 5.92. The summed E-state index contributed by atoms with van der Waals surface area (Å²) in [5, 5.41) is 16.4. The van der Waals surface area contributed by atoms with Crippen LogP contribution in [0.1, 0.15) is 36.9 Å². The topological polar surface area (TPSA) is 38.0 Å². The highest BCUT2D eigenvalue weighted by atomic mass is 35.5. The van der Waals surface area contributed by atoms with Crippen LogP contribution in [-0.4, -0.2) is 14.9 Å². The first-order valence-electron chi connectivity index (χ1n) is 6.85. The predicted molar refractivity (Wildman–Crippen MR) is 87.4 cm³/mol. The summed E-state index contributed by atoms with van der Waals surface area (Å²) in [6, 6.07) is 5.17. The van der Waals surface area contributed by atoms with Gasteiger partial charge in [-0.3, -0.25) is 4.68 Å². The summed E-state index contributed by atoms with van der Waals surface area (Å²) in [6.07, 6.45) is 0.251. The Labute approximate surface area is 139 Å². The molecule has 0 fully saturated rings. The number of hydrogen-bond donors (Lipinski definition) is 1. The van der Waals surface area contributed by atoms with Crippen molar-refractivity contribution in [3.63, 3.8) is 0 Å². The van der Waals surface area contributed by atoms with E-state index in [1.54, 1.807) is 18.2 Å². The lowest BCUT2D eigenvalue weighted by Gasteiger charge is -2.15. The normalized spacial score (nSPS) is 12.7. The van der Waals surface area contributed by atoms with E-state index in [0.29, 0.717) is 33.6 Å². The molecule has 0 aliphatic rings. The molecule has 1 atom stereocenters. The number of hydrogen-bond acceptors (Lipinski definition) is 2. The summed E-state index contributed by atoms with van der Waals surface area (Å²) >= 11 is 18.6. The van der Waals surface area contributed by atoms with Gasteiger partial charge in [0, 0.05) is 28.6 Å². The Morgan fingerprint density at radius 2 is 1.81 bits per heavy atom. The quantitative estimate of drug-likeness (QED) is 0.851. The van der Waals surface area contributed by atoms with Gasteiger partial charge in [-0.25, -0.2) is 0 Å². The fourth-order valence-electron chi connectivity index (χ4n) is 2.33. The van der Waals surface area contributed by atoms with Gasteiger partial charge in [-0.05, 0) is 25.5 Å². The summed E-state index contributed by atoms with van der Waals surface area (Å²) < 4.78 is 1.81. The summed E-state index contributed by atoms with van der Waals surface area (Å²) in [7, 11) is 0. The molecule has 114 valence electrons. The van der Waals surface area contributed by atoms with Crippen molar-refractivity contribution in [1.29, 1.82) is 0 Å². The van der Waals surface area contributed by atoms with Crippen molar-refractivity contribution in [3.05, 3.63) is 50.2 Å². The summed E-state index contributed by atoms with van der Waals surface area (Å²) in [6.45, 7) is 4.68. The molecule has 1 aromatic heterocycles. The van der Waals surface area contributed by atoms with Gasteiger partial charge in [0.15, 0.2) is 0 Å². The Morgan fingerprint density at radius 3 is 2.33 bits per heavy atom. The van der Waals surface area contributed by atoms with Gasteiger partial charge in [-0.1, -0.05) is 47.8 Å². The fraction of sp³-hybridized carbons (Fsp3) is 0.400. The van der Waals surface area contributed by atoms with E-state index in [2.05, 4.69) is 5.10 Å². The van der Waals surface area contributed by atoms with Gasteiger partial charge in [0.05, 0.1) is 22.5 Å². The van der Waals surface area contributed by atoms with E-state index < -0.39 is 6.10 Å². The van der Waals surface area contributed by atoms with Crippen LogP contribution in [0.15, 0.2) is 18.2 Å². The van der Waals surface area contributed by atoms with Crippen molar-refractivity contribution < 1.29 is 5.11 Å². The van der Waals surface area contributed by atoms with Crippen LogP contribution in [-0.2, 0) is 19.4 Å². The second-order valence-electron chi connectivity index (χ2n) is 4.73. The lowest BCUT2D eigenvalue weighted by molar-refractivity contribution is 0.175. The SMILES string of the molecule is CCc1nn(CC)c(CC(O)c2c(Cl)cccc2Cl)c1Cl. The van der Waals surface area contributed by atoms with Gasteiger partial charge in [-0.2, -0.15) is 5.10 Å². The lowest BCUT2D eigenvalue weighted by Crippen LogP contribution is -2.09.